The van der Waals surface area contributed by atoms with Gasteiger partial charge >= 0.3 is 0 Å². The van der Waals surface area contributed by atoms with Crippen molar-refractivity contribution in [1.82, 2.24) is 20.2 Å². The summed E-state index contributed by atoms with van der Waals surface area (Å²) in [4.78, 5) is 0. The lowest BCUT2D eigenvalue weighted by atomic mass is 10.3. The molecular weight excluding hydrogens is 332 g/mol. The van der Waals surface area contributed by atoms with Crippen molar-refractivity contribution in [3.05, 3.63) is 65.4 Å². The minimum atomic E-state index is 0.609. The zero-order valence-electron chi connectivity index (χ0n) is 12.3. The molecule has 0 aliphatic rings. The highest BCUT2D eigenvalue weighted by Crippen LogP contribution is 2.18. The molecule has 3 aromatic rings. The molecule has 5 nitrogen and oxygen atoms in total. The van der Waals surface area contributed by atoms with Crippen molar-refractivity contribution >= 4 is 23.4 Å². The highest BCUT2D eigenvalue weighted by molar-refractivity contribution is 7.98. The van der Waals surface area contributed by atoms with E-state index >= 15 is 0 Å². The average Bonchev–Trinajstić information content (AvgIpc) is 3.04. The number of thioether (sulfide) groups is 1. The quantitative estimate of drug-likeness (QED) is 0.611. The fraction of sp³-hybridized carbons (Fsp3) is 0.188. The molecular formula is C16H15ClN4OS. The van der Waals surface area contributed by atoms with E-state index in [1.807, 2.05) is 54.6 Å². The zero-order chi connectivity index (χ0) is 15.9. The van der Waals surface area contributed by atoms with Gasteiger partial charge in [-0.1, -0.05) is 35.9 Å². The second-order valence-corrected chi connectivity index (χ2v) is 6.24. The Morgan fingerprint density at radius 3 is 2.78 bits per heavy atom. The van der Waals surface area contributed by atoms with Crippen LogP contribution in [-0.4, -0.2) is 32.6 Å². The van der Waals surface area contributed by atoms with E-state index in [-0.39, 0.29) is 0 Å². The van der Waals surface area contributed by atoms with Gasteiger partial charge in [0.05, 0.1) is 18.0 Å². The van der Waals surface area contributed by atoms with Crippen molar-refractivity contribution in [1.29, 1.82) is 0 Å². The van der Waals surface area contributed by atoms with Crippen LogP contribution in [0.2, 0.25) is 5.02 Å². The molecule has 3 rings (SSSR count). The van der Waals surface area contributed by atoms with Crippen LogP contribution < -0.4 is 4.74 Å². The van der Waals surface area contributed by atoms with Crippen molar-refractivity contribution < 1.29 is 4.74 Å². The first kappa shape index (κ1) is 15.8. The van der Waals surface area contributed by atoms with E-state index < -0.39 is 0 Å². The summed E-state index contributed by atoms with van der Waals surface area (Å²) >= 11 is 7.64. The third-order valence-corrected chi connectivity index (χ3v) is 4.21. The van der Waals surface area contributed by atoms with Gasteiger partial charge in [0, 0.05) is 10.8 Å². The Morgan fingerprint density at radius 2 is 1.96 bits per heavy atom. The van der Waals surface area contributed by atoms with Gasteiger partial charge in [-0.25, -0.2) is 0 Å². The van der Waals surface area contributed by atoms with Crippen LogP contribution in [0.1, 0.15) is 5.82 Å². The number of benzene rings is 2. The minimum absolute atomic E-state index is 0.609. The molecule has 0 aliphatic carbocycles. The fourth-order valence-electron chi connectivity index (χ4n) is 2.00. The summed E-state index contributed by atoms with van der Waals surface area (Å²) in [5.74, 6) is 3.17. The van der Waals surface area contributed by atoms with E-state index in [2.05, 4.69) is 15.5 Å². The van der Waals surface area contributed by atoms with Crippen molar-refractivity contribution in [2.45, 2.75) is 5.75 Å². The molecule has 23 heavy (non-hydrogen) atoms. The Morgan fingerprint density at radius 1 is 1.09 bits per heavy atom. The molecule has 0 amide bonds. The first-order valence-electron chi connectivity index (χ1n) is 7.12. The normalized spacial score (nSPS) is 10.7. The molecule has 0 bridgehead atoms. The molecule has 0 saturated heterocycles. The summed E-state index contributed by atoms with van der Waals surface area (Å²) in [6, 6.07) is 17.3. The van der Waals surface area contributed by atoms with E-state index in [9.17, 15) is 0 Å². The first-order chi connectivity index (χ1) is 11.3. The van der Waals surface area contributed by atoms with Gasteiger partial charge in [0.25, 0.3) is 0 Å². The molecule has 1 aromatic heterocycles. The van der Waals surface area contributed by atoms with E-state index in [1.165, 1.54) is 0 Å². The fourth-order valence-corrected chi connectivity index (χ4v) is 2.89. The molecule has 0 unspecified atom stereocenters. The average molecular weight is 347 g/mol. The van der Waals surface area contributed by atoms with Gasteiger partial charge in [-0.2, -0.15) is 16.4 Å². The second kappa shape index (κ2) is 7.99. The Balaban J connectivity index is 1.47. The number of ether oxygens (including phenoxy) is 1. The number of rotatable bonds is 7. The van der Waals surface area contributed by atoms with Crippen molar-refractivity contribution in [3.63, 3.8) is 0 Å². The van der Waals surface area contributed by atoms with E-state index in [1.54, 1.807) is 16.4 Å². The largest absolute Gasteiger partial charge is 0.493 e. The van der Waals surface area contributed by atoms with Crippen LogP contribution in [0.4, 0.5) is 0 Å². The maximum absolute atomic E-state index is 5.92. The Kier molecular flexibility index (Phi) is 5.50. The van der Waals surface area contributed by atoms with Gasteiger partial charge in [0.15, 0.2) is 5.82 Å². The Labute approximate surface area is 143 Å². The molecule has 7 heteroatoms. The van der Waals surface area contributed by atoms with Crippen LogP contribution in [0.25, 0.3) is 5.69 Å². The van der Waals surface area contributed by atoms with Gasteiger partial charge < -0.3 is 4.74 Å². The van der Waals surface area contributed by atoms with Crippen molar-refractivity contribution in [3.8, 4) is 11.4 Å². The SMILES string of the molecule is Clc1cccc(OCCSCc2nnnn2-c2ccccc2)c1. The van der Waals surface area contributed by atoms with Crippen molar-refractivity contribution in [2.75, 3.05) is 12.4 Å². The molecule has 2 aromatic carbocycles. The summed E-state index contributed by atoms with van der Waals surface area (Å²) in [6.07, 6.45) is 0. The van der Waals surface area contributed by atoms with Crippen LogP contribution in [0, 0.1) is 0 Å². The lowest BCUT2D eigenvalue weighted by Gasteiger charge is -2.06. The van der Waals surface area contributed by atoms with Gasteiger partial charge in [0.2, 0.25) is 0 Å². The maximum atomic E-state index is 5.92. The summed E-state index contributed by atoms with van der Waals surface area (Å²) in [6.45, 7) is 0.609. The second-order valence-electron chi connectivity index (χ2n) is 4.70. The Bertz CT molecular complexity index is 751. The standard InChI is InChI=1S/C16H15ClN4OS/c17-13-5-4-8-15(11-13)22-9-10-23-12-16-18-19-20-21(16)14-6-2-1-3-7-14/h1-8,11H,9-10,12H2. The summed E-state index contributed by atoms with van der Waals surface area (Å²) < 4.78 is 7.41. The molecule has 118 valence electrons. The number of hydrogen-bond acceptors (Lipinski definition) is 5. The molecule has 0 fully saturated rings. The number of aromatic nitrogens is 4. The predicted molar refractivity (Wildman–Crippen MR) is 92.3 cm³/mol. The van der Waals surface area contributed by atoms with Crippen LogP contribution in [0.5, 0.6) is 5.75 Å². The first-order valence-corrected chi connectivity index (χ1v) is 8.65. The predicted octanol–water partition coefficient (Wildman–Crippen LogP) is 3.63. The highest BCUT2D eigenvalue weighted by Gasteiger charge is 2.07. The number of para-hydroxylation sites is 1. The summed E-state index contributed by atoms with van der Waals surface area (Å²) in [5.41, 5.74) is 0.961. The smallest absolute Gasteiger partial charge is 0.166 e. The molecule has 0 saturated carbocycles. The van der Waals surface area contributed by atoms with Gasteiger partial charge in [-0.05, 0) is 40.8 Å². The summed E-state index contributed by atoms with van der Waals surface area (Å²) in [5, 5.41) is 12.6. The van der Waals surface area contributed by atoms with E-state index in [0.717, 1.165) is 28.8 Å². The van der Waals surface area contributed by atoms with Crippen LogP contribution in [0.15, 0.2) is 54.6 Å². The van der Waals surface area contributed by atoms with E-state index in [4.69, 9.17) is 16.3 Å². The topological polar surface area (TPSA) is 52.8 Å². The highest BCUT2D eigenvalue weighted by atomic mass is 35.5. The summed E-state index contributed by atoms with van der Waals surface area (Å²) in [7, 11) is 0. The number of hydrogen-bond donors (Lipinski definition) is 0. The maximum Gasteiger partial charge on any atom is 0.166 e. The monoisotopic (exact) mass is 346 g/mol. The molecule has 0 spiro atoms. The van der Waals surface area contributed by atoms with Crippen LogP contribution >= 0.6 is 23.4 Å². The lowest BCUT2D eigenvalue weighted by molar-refractivity contribution is 0.344. The van der Waals surface area contributed by atoms with E-state index in [0.29, 0.717) is 11.6 Å². The lowest BCUT2D eigenvalue weighted by Crippen LogP contribution is -2.04. The molecule has 0 radical (unpaired) electrons. The minimum Gasteiger partial charge on any atom is -0.493 e. The molecule has 0 N–H and O–H groups in total. The molecule has 1 heterocycles. The van der Waals surface area contributed by atoms with Gasteiger partial charge in [-0.15, -0.1) is 5.10 Å². The molecule has 0 aliphatic heterocycles. The number of nitrogens with zero attached hydrogens (tertiary/aromatic N) is 4. The number of tetrazole rings is 1. The van der Waals surface area contributed by atoms with Crippen molar-refractivity contribution in [2.24, 2.45) is 0 Å². The van der Waals surface area contributed by atoms with Crippen LogP contribution in [-0.2, 0) is 5.75 Å². The third kappa shape index (κ3) is 4.46. The third-order valence-electron chi connectivity index (χ3n) is 3.06. The van der Waals surface area contributed by atoms with Gasteiger partial charge in [0.1, 0.15) is 5.75 Å². The molecule has 0 atom stereocenters. The zero-order valence-corrected chi connectivity index (χ0v) is 13.9. The van der Waals surface area contributed by atoms with Crippen LogP contribution in [0.3, 0.4) is 0 Å². The number of halogens is 1. The Hall–Kier alpha value is -2.05. The van der Waals surface area contributed by atoms with Gasteiger partial charge in [-0.3, -0.25) is 0 Å².